The number of aromatic nitrogens is 2. The van der Waals surface area contributed by atoms with Crippen molar-refractivity contribution in [2.24, 2.45) is 0 Å². The Hall–Kier alpha value is -0.790. The number of fused-ring (bicyclic) bond motifs is 1. The van der Waals surface area contributed by atoms with E-state index in [1.807, 2.05) is 6.20 Å². The van der Waals surface area contributed by atoms with Gasteiger partial charge < -0.3 is 4.57 Å². The molecule has 2 atom stereocenters. The van der Waals surface area contributed by atoms with Gasteiger partial charge in [0.15, 0.2) is 0 Å². The molecular formula is C8H12N2. The van der Waals surface area contributed by atoms with Crippen LogP contribution in [-0.4, -0.2) is 9.55 Å². The second kappa shape index (κ2) is 1.62. The SMILES string of the molecule is Cc1ncc2n1C(C)C2C. The molecule has 0 saturated carbocycles. The molecule has 2 unspecified atom stereocenters. The lowest BCUT2D eigenvalue weighted by atomic mass is 9.92. The number of aryl methyl sites for hydroxylation is 1. The molecule has 2 rings (SSSR count). The fourth-order valence-electron chi connectivity index (χ4n) is 1.73. The maximum Gasteiger partial charge on any atom is 0.105 e. The van der Waals surface area contributed by atoms with Crippen LogP contribution >= 0.6 is 0 Å². The van der Waals surface area contributed by atoms with Crippen LogP contribution in [-0.2, 0) is 0 Å². The average Bonchev–Trinajstić information content (AvgIpc) is 2.27. The fraction of sp³-hybridized carbons (Fsp3) is 0.625. The van der Waals surface area contributed by atoms with Gasteiger partial charge in [0.05, 0.1) is 0 Å². The molecule has 1 aromatic rings. The Bertz CT molecular complexity index is 262. The number of rotatable bonds is 0. The summed E-state index contributed by atoms with van der Waals surface area (Å²) in [5.41, 5.74) is 1.39. The van der Waals surface area contributed by atoms with E-state index >= 15 is 0 Å². The van der Waals surface area contributed by atoms with Crippen LogP contribution in [0.15, 0.2) is 6.20 Å². The molecule has 54 valence electrons. The molecule has 0 amide bonds. The summed E-state index contributed by atoms with van der Waals surface area (Å²) in [5, 5.41) is 0. The molecule has 10 heavy (non-hydrogen) atoms. The molecule has 0 aromatic carbocycles. The predicted molar refractivity (Wildman–Crippen MR) is 40.1 cm³/mol. The van der Waals surface area contributed by atoms with Crippen LogP contribution in [0.2, 0.25) is 0 Å². The molecular weight excluding hydrogens is 124 g/mol. The summed E-state index contributed by atoms with van der Waals surface area (Å²) in [7, 11) is 0. The van der Waals surface area contributed by atoms with Crippen LogP contribution in [0, 0.1) is 6.92 Å². The third-order valence-electron chi connectivity index (χ3n) is 2.61. The van der Waals surface area contributed by atoms with E-state index in [1.165, 1.54) is 5.69 Å². The molecule has 0 N–H and O–H groups in total. The van der Waals surface area contributed by atoms with Crippen molar-refractivity contribution >= 4 is 0 Å². The van der Waals surface area contributed by atoms with Gasteiger partial charge in [-0.05, 0) is 13.8 Å². The smallest absolute Gasteiger partial charge is 0.105 e. The molecule has 0 spiro atoms. The lowest BCUT2D eigenvalue weighted by Crippen LogP contribution is -2.27. The number of hydrogen-bond acceptors (Lipinski definition) is 1. The first-order chi connectivity index (χ1) is 4.72. The van der Waals surface area contributed by atoms with Crippen molar-refractivity contribution in [3.05, 3.63) is 17.7 Å². The van der Waals surface area contributed by atoms with E-state index in [2.05, 4.69) is 30.3 Å². The standard InChI is InChI=1S/C8H12N2/c1-5-6(2)10-7(3)9-4-8(5)10/h4-6H,1-3H3. The third kappa shape index (κ3) is 0.474. The number of nitrogens with zero attached hydrogens (tertiary/aromatic N) is 2. The highest BCUT2D eigenvalue weighted by Gasteiger charge is 2.31. The van der Waals surface area contributed by atoms with Crippen molar-refractivity contribution in [3.8, 4) is 0 Å². The number of hydrogen-bond donors (Lipinski definition) is 0. The molecule has 0 radical (unpaired) electrons. The monoisotopic (exact) mass is 136 g/mol. The number of imidazole rings is 1. The molecule has 2 nitrogen and oxygen atoms in total. The highest BCUT2D eigenvalue weighted by atomic mass is 15.2. The summed E-state index contributed by atoms with van der Waals surface area (Å²) in [4.78, 5) is 4.24. The van der Waals surface area contributed by atoms with E-state index < -0.39 is 0 Å². The van der Waals surface area contributed by atoms with Crippen LogP contribution in [0.4, 0.5) is 0 Å². The van der Waals surface area contributed by atoms with Gasteiger partial charge in [-0.15, -0.1) is 0 Å². The van der Waals surface area contributed by atoms with Crippen molar-refractivity contribution in [3.63, 3.8) is 0 Å². The quantitative estimate of drug-likeness (QED) is 0.532. The highest BCUT2D eigenvalue weighted by molar-refractivity contribution is 5.21. The Labute approximate surface area is 60.9 Å². The normalized spacial score (nSPS) is 29.5. The van der Waals surface area contributed by atoms with Gasteiger partial charge in [-0.25, -0.2) is 4.98 Å². The molecule has 2 heterocycles. The van der Waals surface area contributed by atoms with Gasteiger partial charge in [0.1, 0.15) is 5.82 Å². The lowest BCUT2D eigenvalue weighted by molar-refractivity contribution is 0.345. The van der Waals surface area contributed by atoms with Gasteiger partial charge in [-0.2, -0.15) is 0 Å². The molecule has 0 saturated heterocycles. The van der Waals surface area contributed by atoms with Crippen molar-refractivity contribution in [2.75, 3.05) is 0 Å². The second-order valence-corrected chi connectivity index (χ2v) is 3.13. The van der Waals surface area contributed by atoms with Crippen LogP contribution < -0.4 is 0 Å². The Morgan fingerprint density at radius 3 is 2.80 bits per heavy atom. The summed E-state index contributed by atoms with van der Waals surface area (Å²) in [6.07, 6.45) is 1.99. The minimum absolute atomic E-state index is 0.664. The van der Waals surface area contributed by atoms with E-state index in [4.69, 9.17) is 0 Å². The molecule has 1 aromatic heterocycles. The average molecular weight is 136 g/mol. The van der Waals surface area contributed by atoms with Crippen LogP contribution in [0.25, 0.3) is 0 Å². The third-order valence-corrected chi connectivity index (χ3v) is 2.61. The molecule has 0 bridgehead atoms. The van der Waals surface area contributed by atoms with Crippen molar-refractivity contribution in [1.82, 2.24) is 9.55 Å². The topological polar surface area (TPSA) is 17.8 Å². The first-order valence-electron chi connectivity index (χ1n) is 3.75. The van der Waals surface area contributed by atoms with Gasteiger partial charge in [0.25, 0.3) is 0 Å². The summed E-state index contributed by atoms with van der Waals surface area (Å²) in [5.74, 6) is 1.86. The summed E-state index contributed by atoms with van der Waals surface area (Å²) < 4.78 is 2.30. The van der Waals surface area contributed by atoms with Crippen molar-refractivity contribution in [1.29, 1.82) is 0 Å². The zero-order valence-corrected chi connectivity index (χ0v) is 6.63. The molecule has 1 aliphatic rings. The van der Waals surface area contributed by atoms with Gasteiger partial charge in [-0.1, -0.05) is 6.92 Å². The first-order valence-corrected chi connectivity index (χ1v) is 3.75. The molecule has 1 aliphatic heterocycles. The van der Waals surface area contributed by atoms with E-state index in [-0.39, 0.29) is 0 Å². The van der Waals surface area contributed by atoms with Crippen LogP contribution in [0.5, 0.6) is 0 Å². The first kappa shape index (κ1) is 5.96. The summed E-state index contributed by atoms with van der Waals surface area (Å²) in [6.45, 7) is 6.55. The Morgan fingerprint density at radius 2 is 2.20 bits per heavy atom. The fourth-order valence-corrected chi connectivity index (χ4v) is 1.73. The van der Waals surface area contributed by atoms with Crippen molar-refractivity contribution in [2.45, 2.75) is 32.7 Å². The van der Waals surface area contributed by atoms with Crippen LogP contribution in [0.1, 0.15) is 37.3 Å². The zero-order valence-electron chi connectivity index (χ0n) is 6.63. The molecule has 0 fully saturated rings. The van der Waals surface area contributed by atoms with Crippen molar-refractivity contribution < 1.29 is 0 Å². The maximum atomic E-state index is 4.24. The minimum atomic E-state index is 0.664. The predicted octanol–water partition coefficient (Wildman–Crippen LogP) is 1.87. The maximum absolute atomic E-state index is 4.24. The summed E-state index contributed by atoms with van der Waals surface area (Å²) in [6, 6.07) is 0.664. The Balaban J connectivity index is 2.54. The van der Waals surface area contributed by atoms with Gasteiger partial charge in [-0.3, -0.25) is 0 Å². The zero-order chi connectivity index (χ0) is 7.30. The van der Waals surface area contributed by atoms with E-state index in [0.29, 0.717) is 12.0 Å². The van der Waals surface area contributed by atoms with Gasteiger partial charge >= 0.3 is 0 Å². The Morgan fingerprint density at radius 1 is 1.50 bits per heavy atom. The Kier molecular flexibility index (Phi) is 0.967. The van der Waals surface area contributed by atoms with E-state index in [0.717, 1.165) is 5.82 Å². The summed E-state index contributed by atoms with van der Waals surface area (Å²) >= 11 is 0. The van der Waals surface area contributed by atoms with E-state index in [9.17, 15) is 0 Å². The largest absolute Gasteiger partial charge is 0.328 e. The van der Waals surface area contributed by atoms with E-state index in [1.54, 1.807) is 0 Å². The van der Waals surface area contributed by atoms with Crippen LogP contribution in [0.3, 0.4) is 0 Å². The second-order valence-electron chi connectivity index (χ2n) is 3.13. The van der Waals surface area contributed by atoms with Gasteiger partial charge in [0, 0.05) is 23.9 Å². The lowest BCUT2D eigenvalue weighted by Gasteiger charge is -2.35. The molecule has 2 heteroatoms. The highest BCUT2D eigenvalue weighted by Crippen LogP contribution is 2.39. The molecule has 0 aliphatic carbocycles. The van der Waals surface area contributed by atoms with Gasteiger partial charge in [0.2, 0.25) is 0 Å². The minimum Gasteiger partial charge on any atom is -0.328 e.